The van der Waals surface area contributed by atoms with Gasteiger partial charge in [0.05, 0.1) is 11.5 Å². The SMILES string of the molecule is CCn1nccc1NC(=O)CBr. The van der Waals surface area contributed by atoms with Gasteiger partial charge in [0, 0.05) is 12.6 Å². The second-order valence-corrected chi connectivity index (χ2v) is 2.77. The van der Waals surface area contributed by atoms with E-state index in [4.69, 9.17) is 0 Å². The van der Waals surface area contributed by atoms with Gasteiger partial charge in [-0.05, 0) is 6.92 Å². The Balaban J connectivity index is 2.68. The van der Waals surface area contributed by atoms with Crippen LogP contribution in [0.1, 0.15) is 6.92 Å². The molecule has 0 aliphatic heterocycles. The van der Waals surface area contributed by atoms with Crippen LogP contribution in [0.15, 0.2) is 12.3 Å². The molecule has 0 aromatic carbocycles. The minimum absolute atomic E-state index is 0.0646. The summed E-state index contributed by atoms with van der Waals surface area (Å²) in [5, 5.41) is 7.02. The highest BCUT2D eigenvalue weighted by Gasteiger charge is 2.03. The van der Waals surface area contributed by atoms with Crippen molar-refractivity contribution in [1.29, 1.82) is 0 Å². The van der Waals surface area contributed by atoms with E-state index in [2.05, 4.69) is 26.3 Å². The van der Waals surface area contributed by atoms with Gasteiger partial charge in [-0.15, -0.1) is 0 Å². The number of carbonyl (C=O) groups excluding carboxylic acids is 1. The van der Waals surface area contributed by atoms with Gasteiger partial charge in [0.1, 0.15) is 5.82 Å². The number of nitrogens with one attached hydrogen (secondary N) is 1. The van der Waals surface area contributed by atoms with Crippen molar-refractivity contribution in [2.45, 2.75) is 13.5 Å². The van der Waals surface area contributed by atoms with Crippen LogP contribution in [0.3, 0.4) is 0 Å². The van der Waals surface area contributed by atoms with Gasteiger partial charge in [-0.3, -0.25) is 4.79 Å². The molecule has 0 unspecified atom stereocenters. The monoisotopic (exact) mass is 231 g/mol. The quantitative estimate of drug-likeness (QED) is 0.797. The van der Waals surface area contributed by atoms with Crippen molar-refractivity contribution in [3.8, 4) is 0 Å². The molecule has 0 spiro atoms. The second-order valence-electron chi connectivity index (χ2n) is 2.21. The predicted octanol–water partition coefficient (Wildman–Crippen LogP) is 1.24. The fraction of sp³-hybridized carbons (Fsp3) is 0.429. The molecule has 0 atom stereocenters. The third-order valence-electron chi connectivity index (χ3n) is 1.40. The van der Waals surface area contributed by atoms with Crippen molar-refractivity contribution < 1.29 is 4.79 Å². The maximum atomic E-state index is 10.9. The third kappa shape index (κ3) is 2.07. The Morgan fingerprint density at radius 1 is 1.83 bits per heavy atom. The molecule has 1 aromatic rings. The van der Waals surface area contributed by atoms with E-state index in [1.54, 1.807) is 16.9 Å². The van der Waals surface area contributed by atoms with Crippen molar-refractivity contribution in [2.24, 2.45) is 0 Å². The van der Waals surface area contributed by atoms with Gasteiger partial charge in [0.25, 0.3) is 0 Å². The molecule has 0 saturated heterocycles. The molecular formula is C7H10BrN3O. The highest BCUT2D eigenvalue weighted by molar-refractivity contribution is 9.09. The molecule has 5 heteroatoms. The Morgan fingerprint density at radius 2 is 2.58 bits per heavy atom. The largest absolute Gasteiger partial charge is 0.310 e. The summed E-state index contributed by atoms with van der Waals surface area (Å²) in [5.41, 5.74) is 0. The first-order valence-corrected chi connectivity index (χ1v) is 4.77. The lowest BCUT2D eigenvalue weighted by Crippen LogP contribution is -2.15. The maximum Gasteiger partial charge on any atom is 0.236 e. The van der Waals surface area contributed by atoms with Gasteiger partial charge in [-0.2, -0.15) is 5.10 Å². The number of amides is 1. The Labute approximate surface area is 79.1 Å². The lowest BCUT2D eigenvalue weighted by atomic mass is 10.5. The first-order chi connectivity index (χ1) is 5.77. The standard InChI is InChI=1S/C7H10BrN3O/c1-2-11-6(3-4-9-11)10-7(12)5-8/h3-4H,2,5H2,1H3,(H,10,12). The minimum atomic E-state index is -0.0646. The number of anilines is 1. The van der Waals surface area contributed by atoms with Crippen molar-refractivity contribution >= 4 is 27.7 Å². The van der Waals surface area contributed by atoms with Gasteiger partial charge in [-0.1, -0.05) is 15.9 Å². The lowest BCUT2D eigenvalue weighted by molar-refractivity contribution is -0.113. The number of carbonyl (C=O) groups is 1. The van der Waals surface area contributed by atoms with Gasteiger partial charge >= 0.3 is 0 Å². The van der Waals surface area contributed by atoms with Crippen molar-refractivity contribution in [2.75, 3.05) is 10.6 Å². The van der Waals surface area contributed by atoms with Crippen LogP contribution in [0.4, 0.5) is 5.82 Å². The van der Waals surface area contributed by atoms with E-state index < -0.39 is 0 Å². The summed E-state index contributed by atoms with van der Waals surface area (Å²) in [7, 11) is 0. The molecule has 12 heavy (non-hydrogen) atoms. The second kappa shape index (κ2) is 4.25. The summed E-state index contributed by atoms with van der Waals surface area (Å²) in [6.45, 7) is 2.72. The number of aryl methyl sites for hydroxylation is 1. The normalized spacial score (nSPS) is 9.83. The maximum absolute atomic E-state index is 10.9. The van der Waals surface area contributed by atoms with Crippen LogP contribution >= 0.6 is 15.9 Å². The molecule has 4 nitrogen and oxygen atoms in total. The average molecular weight is 232 g/mol. The highest BCUT2D eigenvalue weighted by Crippen LogP contribution is 2.05. The zero-order chi connectivity index (χ0) is 8.97. The Morgan fingerprint density at radius 3 is 3.17 bits per heavy atom. The molecule has 0 radical (unpaired) electrons. The number of rotatable bonds is 3. The van der Waals surface area contributed by atoms with E-state index >= 15 is 0 Å². The Hall–Kier alpha value is -0.840. The van der Waals surface area contributed by atoms with Crippen molar-refractivity contribution in [3.05, 3.63) is 12.3 Å². The molecule has 66 valence electrons. The summed E-state index contributed by atoms with van der Waals surface area (Å²) >= 11 is 3.07. The zero-order valence-electron chi connectivity index (χ0n) is 6.75. The molecule has 0 aliphatic carbocycles. The Kier molecular flexibility index (Phi) is 3.28. The first-order valence-electron chi connectivity index (χ1n) is 3.65. The number of nitrogens with zero attached hydrogens (tertiary/aromatic N) is 2. The van der Waals surface area contributed by atoms with Crippen molar-refractivity contribution in [1.82, 2.24) is 9.78 Å². The van der Waals surface area contributed by atoms with Crippen LogP contribution < -0.4 is 5.32 Å². The molecule has 1 N–H and O–H groups in total. The average Bonchev–Trinajstić information content (AvgIpc) is 2.51. The van der Waals surface area contributed by atoms with Crippen LogP contribution in [0, 0.1) is 0 Å². The molecule has 1 amide bonds. The van der Waals surface area contributed by atoms with E-state index in [1.807, 2.05) is 6.92 Å². The van der Waals surface area contributed by atoms with Gasteiger partial charge < -0.3 is 5.32 Å². The number of hydrogen-bond acceptors (Lipinski definition) is 2. The molecule has 1 rings (SSSR count). The summed E-state index contributed by atoms with van der Waals surface area (Å²) in [6, 6.07) is 1.77. The predicted molar refractivity (Wildman–Crippen MR) is 50.3 cm³/mol. The highest BCUT2D eigenvalue weighted by atomic mass is 79.9. The summed E-state index contributed by atoms with van der Waals surface area (Å²) in [4.78, 5) is 10.9. The molecular weight excluding hydrogens is 222 g/mol. The fourth-order valence-corrected chi connectivity index (χ4v) is 1.01. The smallest absolute Gasteiger partial charge is 0.236 e. The zero-order valence-corrected chi connectivity index (χ0v) is 8.34. The fourth-order valence-electron chi connectivity index (χ4n) is 0.867. The van der Waals surface area contributed by atoms with E-state index in [9.17, 15) is 4.79 Å². The topological polar surface area (TPSA) is 46.9 Å². The molecule has 0 fully saturated rings. The first kappa shape index (κ1) is 9.25. The van der Waals surface area contributed by atoms with E-state index in [0.717, 1.165) is 12.4 Å². The van der Waals surface area contributed by atoms with E-state index in [1.165, 1.54) is 0 Å². The molecule has 1 heterocycles. The number of hydrogen-bond donors (Lipinski definition) is 1. The Bertz CT molecular complexity index is 271. The van der Waals surface area contributed by atoms with Crippen molar-refractivity contribution in [3.63, 3.8) is 0 Å². The van der Waals surface area contributed by atoms with Crippen LogP contribution in [-0.4, -0.2) is 21.0 Å². The van der Waals surface area contributed by atoms with Crippen LogP contribution in [0.25, 0.3) is 0 Å². The molecule has 1 aromatic heterocycles. The van der Waals surface area contributed by atoms with E-state index in [0.29, 0.717) is 5.33 Å². The lowest BCUT2D eigenvalue weighted by Gasteiger charge is -2.04. The van der Waals surface area contributed by atoms with E-state index in [-0.39, 0.29) is 5.91 Å². The molecule has 0 aliphatic rings. The number of aromatic nitrogens is 2. The number of halogens is 1. The van der Waals surface area contributed by atoms with Crippen LogP contribution in [0.2, 0.25) is 0 Å². The van der Waals surface area contributed by atoms with Crippen LogP contribution in [0.5, 0.6) is 0 Å². The summed E-state index contributed by atoms with van der Waals surface area (Å²) in [6.07, 6.45) is 1.66. The molecule has 0 saturated carbocycles. The number of alkyl halides is 1. The van der Waals surface area contributed by atoms with Gasteiger partial charge in [0.15, 0.2) is 0 Å². The third-order valence-corrected chi connectivity index (χ3v) is 1.91. The summed E-state index contributed by atoms with van der Waals surface area (Å²) < 4.78 is 1.72. The minimum Gasteiger partial charge on any atom is -0.310 e. The molecule has 0 bridgehead atoms. The van der Waals surface area contributed by atoms with Gasteiger partial charge in [-0.25, -0.2) is 4.68 Å². The van der Waals surface area contributed by atoms with Crippen LogP contribution in [-0.2, 0) is 11.3 Å². The van der Waals surface area contributed by atoms with Gasteiger partial charge in [0.2, 0.25) is 5.91 Å². The summed E-state index contributed by atoms with van der Waals surface area (Å²) in [5.74, 6) is 0.673.